The average molecular weight is 170 g/mol. The van der Waals surface area contributed by atoms with E-state index in [4.69, 9.17) is 0 Å². The molecular weight excluding hydrogens is 148 g/mol. The van der Waals surface area contributed by atoms with Gasteiger partial charge in [0, 0.05) is 0 Å². The largest absolute Gasteiger partial charge is 0.0979 e. The summed E-state index contributed by atoms with van der Waals surface area (Å²) in [7, 11) is 3.55. The molecule has 62 valence electrons. The van der Waals surface area contributed by atoms with Crippen LogP contribution in [0, 0.1) is 0 Å². The van der Waals surface area contributed by atoms with Crippen molar-refractivity contribution in [2.45, 2.75) is 35.1 Å². The minimum absolute atomic E-state index is 0. The Morgan fingerprint density at radius 1 is 0.667 bits per heavy atom. The van der Waals surface area contributed by atoms with Gasteiger partial charge in [-0.2, -0.15) is 0 Å². The molecule has 0 atom stereocenters. The molecule has 0 aromatic carbocycles. The third-order valence-electron chi connectivity index (χ3n) is 0.167. The molecule has 0 N–H and O–H groups in total. The molecule has 2 heteroatoms. The van der Waals surface area contributed by atoms with Crippen LogP contribution < -0.4 is 0 Å². The van der Waals surface area contributed by atoms with Gasteiger partial charge in [-0.15, -0.1) is 0 Å². The average Bonchev–Trinajstić information content (AvgIpc) is 1.96. The quantitative estimate of drug-likeness (QED) is 0.538. The summed E-state index contributed by atoms with van der Waals surface area (Å²) in [4.78, 5) is 0. The Morgan fingerprint density at radius 3 is 0.778 bits per heavy atom. The molecule has 0 spiro atoms. The monoisotopic (exact) mass is 170 g/mol. The van der Waals surface area contributed by atoms with Crippen LogP contribution in [0.4, 0.5) is 0 Å². The molecule has 0 aromatic heterocycles. The summed E-state index contributed by atoms with van der Waals surface area (Å²) in [5.74, 6) is 0. The van der Waals surface area contributed by atoms with E-state index in [1.54, 1.807) is 21.6 Å². The van der Waals surface area contributed by atoms with Crippen molar-refractivity contribution < 1.29 is 0 Å². The first-order valence-corrected chi connectivity index (χ1v) is 5.95. The lowest BCUT2D eigenvalue weighted by Gasteiger charge is -1.69. The Labute approximate surface area is 69.6 Å². The molecule has 0 aromatic rings. The van der Waals surface area contributed by atoms with E-state index >= 15 is 0 Å². The van der Waals surface area contributed by atoms with E-state index in [0.29, 0.717) is 0 Å². The van der Waals surface area contributed by atoms with Crippen LogP contribution in [0.2, 0.25) is 0 Å². The lowest BCUT2D eigenvalue weighted by molar-refractivity contribution is 1.50. The van der Waals surface area contributed by atoms with Crippen molar-refractivity contribution in [2.75, 3.05) is 12.5 Å². The molecule has 0 saturated heterocycles. The second-order valence-corrected chi connectivity index (χ2v) is 3.00. The van der Waals surface area contributed by atoms with Crippen LogP contribution in [0.1, 0.15) is 35.1 Å². The molecule has 0 aliphatic rings. The first kappa shape index (κ1) is 22.6. The zero-order valence-electron chi connectivity index (χ0n) is 6.82. The smallest absolute Gasteiger partial charge is 0.00793 e. The van der Waals surface area contributed by atoms with Crippen LogP contribution in [0.25, 0.3) is 0 Å². The van der Waals surface area contributed by atoms with Crippen molar-refractivity contribution in [1.82, 2.24) is 0 Å². The summed E-state index contributed by atoms with van der Waals surface area (Å²) in [5.41, 5.74) is 0. The molecule has 0 aliphatic heterocycles. The maximum absolute atomic E-state index is 2.06. The second-order valence-electron chi connectivity index (χ2n) is 0.333. The number of hydrogen-bond acceptors (Lipinski definition) is 2. The lowest BCUT2D eigenvalue weighted by atomic mass is 11.0. The first-order chi connectivity index (χ1) is 3.91. The van der Waals surface area contributed by atoms with Crippen LogP contribution >= 0.6 is 21.6 Å². The molecule has 0 bridgehead atoms. The fourth-order valence-electron chi connectivity index (χ4n) is 0. The third kappa shape index (κ3) is 135. The highest BCUT2D eigenvalue weighted by Crippen LogP contribution is 2.09. The number of rotatable bonds is 1. The van der Waals surface area contributed by atoms with Crippen molar-refractivity contribution in [3.8, 4) is 0 Å². The van der Waals surface area contributed by atoms with Gasteiger partial charge in [-0.1, -0.05) is 56.7 Å². The summed E-state index contributed by atoms with van der Waals surface area (Å²) >= 11 is 0. The molecule has 0 aliphatic carbocycles. The third-order valence-corrected chi connectivity index (χ3v) is 1.50. The van der Waals surface area contributed by atoms with E-state index in [0.717, 1.165) is 0 Å². The van der Waals surface area contributed by atoms with E-state index in [1.165, 1.54) is 0 Å². The van der Waals surface area contributed by atoms with Crippen molar-refractivity contribution >= 4 is 21.6 Å². The van der Waals surface area contributed by atoms with Gasteiger partial charge < -0.3 is 0 Å². The summed E-state index contributed by atoms with van der Waals surface area (Å²) in [5, 5.41) is 0. The topological polar surface area (TPSA) is 0 Å². The van der Waals surface area contributed by atoms with E-state index in [2.05, 4.69) is 12.5 Å². The van der Waals surface area contributed by atoms with Gasteiger partial charge in [-0.25, -0.2) is 0 Å². The minimum atomic E-state index is 0. The SMILES string of the molecule is C.CC.CC.CSSC. The molecular formula is C7H22S2. The number of hydrogen-bond donors (Lipinski definition) is 0. The summed E-state index contributed by atoms with van der Waals surface area (Å²) in [6.45, 7) is 8.00. The molecule has 0 radical (unpaired) electrons. The predicted molar refractivity (Wildman–Crippen MR) is 56.5 cm³/mol. The van der Waals surface area contributed by atoms with Crippen LogP contribution in [-0.2, 0) is 0 Å². The van der Waals surface area contributed by atoms with Crippen molar-refractivity contribution in [2.24, 2.45) is 0 Å². The molecule has 0 saturated carbocycles. The van der Waals surface area contributed by atoms with E-state index < -0.39 is 0 Å². The van der Waals surface area contributed by atoms with E-state index in [1.807, 2.05) is 27.7 Å². The van der Waals surface area contributed by atoms with Crippen molar-refractivity contribution in [3.63, 3.8) is 0 Å². The highest BCUT2D eigenvalue weighted by atomic mass is 33.1. The van der Waals surface area contributed by atoms with Crippen LogP contribution in [0.3, 0.4) is 0 Å². The van der Waals surface area contributed by atoms with Gasteiger partial charge in [0.2, 0.25) is 0 Å². The Hall–Kier alpha value is 0.700. The second kappa shape index (κ2) is 70.8. The van der Waals surface area contributed by atoms with E-state index in [9.17, 15) is 0 Å². The summed E-state index contributed by atoms with van der Waals surface area (Å²) < 4.78 is 0. The van der Waals surface area contributed by atoms with Gasteiger partial charge >= 0.3 is 0 Å². The predicted octanol–water partition coefficient (Wildman–Crippen LogP) is 4.32. The van der Waals surface area contributed by atoms with Gasteiger partial charge in [-0.05, 0) is 12.5 Å². The normalized spacial score (nSPS) is 4.67. The lowest BCUT2D eigenvalue weighted by Crippen LogP contribution is -1.28. The molecule has 0 amide bonds. The van der Waals surface area contributed by atoms with Gasteiger partial charge in [0.15, 0.2) is 0 Å². The molecule has 9 heavy (non-hydrogen) atoms. The van der Waals surface area contributed by atoms with Crippen LogP contribution in [-0.4, -0.2) is 12.5 Å². The molecule has 0 fully saturated rings. The maximum Gasteiger partial charge on any atom is -0.00793 e. The van der Waals surface area contributed by atoms with Crippen molar-refractivity contribution in [3.05, 3.63) is 0 Å². The highest BCUT2D eigenvalue weighted by molar-refractivity contribution is 8.76. The first-order valence-electron chi connectivity index (χ1n) is 2.98. The minimum Gasteiger partial charge on any atom is -0.0979 e. The Bertz CT molecular complexity index is 8.88. The van der Waals surface area contributed by atoms with Crippen LogP contribution in [0.15, 0.2) is 0 Å². The fourth-order valence-corrected chi connectivity index (χ4v) is 0. The zero-order valence-corrected chi connectivity index (χ0v) is 8.45. The summed E-state index contributed by atoms with van der Waals surface area (Å²) in [6, 6.07) is 0. The standard InChI is InChI=1S/C2H6S2.2C2H6.CH4/c1-3-4-2;2*1-2;/h1-2H3;2*1-2H3;1H4. The van der Waals surface area contributed by atoms with Gasteiger partial charge in [0.1, 0.15) is 0 Å². The zero-order chi connectivity index (χ0) is 7.41. The Balaban J connectivity index is -0.0000000221. The maximum atomic E-state index is 2.06. The van der Waals surface area contributed by atoms with Gasteiger partial charge in [0.05, 0.1) is 0 Å². The van der Waals surface area contributed by atoms with E-state index in [-0.39, 0.29) is 7.43 Å². The Morgan fingerprint density at radius 2 is 0.778 bits per heavy atom. The molecule has 0 unspecified atom stereocenters. The van der Waals surface area contributed by atoms with Crippen LogP contribution in [0.5, 0.6) is 0 Å². The molecule has 0 heterocycles. The Kier molecular flexibility index (Phi) is 178. The van der Waals surface area contributed by atoms with Gasteiger partial charge in [-0.3, -0.25) is 0 Å². The van der Waals surface area contributed by atoms with Gasteiger partial charge in [0.25, 0.3) is 0 Å². The molecule has 0 rings (SSSR count). The highest BCUT2D eigenvalue weighted by Gasteiger charge is 1.55. The van der Waals surface area contributed by atoms with Crippen molar-refractivity contribution in [1.29, 1.82) is 0 Å². The molecule has 0 nitrogen and oxygen atoms in total. The fraction of sp³-hybridized carbons (Fsp3) is 1.00. The summed E-state index contributed by atoms with van der Waals surface area (Å²) in [6.07, 6.45) is 4.12.